The fourth-order valence-corrected chi connectivity index (χ4v) is 1.93. The summed E-state index contributed by atoms with van der Waals surface area (Å²) in [6.07, 6.45) is 2.12. The van der Waals surface area contributed by atoms with E-state index in [9.17, 15) is 4.79 Å². The van der Waals surface area contributed by atoms with E-state index in [2.05, 4.69) is 5.32 Å². The molecule has 1 saturated carbocycles. The van der Waals surface area contributed by atoms with E-state index >= 15 is 0 Å². The minimum Gasteiger partial charge on any atom is -0.497 e. The van der Waals surface area contributed by atoms with Crippen LogP contribution in [0.25, 0.3) is 0 Å². The number of methoxy groups -OCH3 is 1. The Morgan fingerprint density at radius 3 is 2.80 bits per heavy atom. The summed E-state index contributed by atoms with van der Waals surface area (Å²) >= 11 is 0. The number of carbonyl (C=O) groups is 1. The molecule has 0 bridgehead atoms. The van der Waals surface area contributed by atoms with E-state index in [1.54, 1.807) is 12.0 Å². The van der Waals surface area contributed by atoms with Gasteiger partial charge in [-0.15, -0.1) is 0 Å². The predicted molar refractivity (Wildman–Crippen MR) is 77.3 cm³/mol. The summed E-state index contributed by atoms with van der Waals surface area (Å²) < 4.78 is 10.9. The summed E-state index contributed by atoms with van der Waals surface area (Å²) in [6, 6.07) is 7.83. The largest absolute Gasteiger partial charge is 0.497 e. The van der Waals surface area contributed by atoms with Crippen LogP contribution in [-0.2, 0) is 0 Å². The van der Waals surface area contributed by atoms with Crippen LogP contribution < -0.4 is 14.8 Å². The lowest BCUT2D eigenvalue weighted by Crippen LogP contribution is -2.42. The third kappa shape index (κ3) is 4.05. The number of nitrogens with one attached hydrogen (secondary N) is 1. The molecule has 1 fully saturated rings. The Balaban J connectivity index is 1.76. The van der Waals surface area contributed by atoms with E-state index in [4.69, 9.17) is 9.47 Å². The van der Waals surface area contributed by atoms with E-state index < -0.39 is 0 Å². The SMILES string of the molecule is COc1cccc(OC(C)CNC(=O)N(C)C2CC2)c1. The van der Waals surface area contributed by atoms with Gasteiger partial charge in [0, 0.05) is 19.2 Å². The van der Waals surface area contributed by atoms with Gasteiger partial charge in [0.15, 0.2) is 0 Å². The van der Waals surface area contributed by atoms with E-state index in [0.717, 1.165) is 24.3 Å². The van der Waals surface area contributed by atoms with Crippen LogP contribution in [0.5, 0.6) is 11.5 Å². The molecule has 1 N–H and O–H groups in total. The highest BCUT2D eigenvalue weighted by Gasteiger charge is 2.29. The minimum absolute atomic E-state index is 0.0337. The molecule has 0 aliphatic heterocycles. The second-order valence-electron chi connectivity index (χ2n) is 5.14. The van der Waals surface area contributed by atoms with Crippen LogP contribution in [0, 0.1) is 0 Å². The molecule has 0 spiro atoms. The highest BCUT2D eigenvalue weighted by molar-refractivity contribution is 5.74. The lowest BCUT2D eigenvalue weighted by molar-refractivity contribution is 0.188. The molecular weight excluding hydrogens is 256 g/mol. The number of rotatable bonds is 6. The molecule has 5 heteroatoms. The Kier molecular flexibility index (Phi) is 4.71. The van der Waals surface area contributed by atoms with Gasteiger partial charge >= 0.3 is 6.03 Å². The van der Waals surface area contributed by atoms with Gasteiger partial charge in [0.25, 0.3) is 0 Å². The smallest absolute Gasteiger partial charge is 0.317 e. The van der Waals surface area contributed by atoms with E-state index in [-0.39, 0.29) is 12.1 Å². The number of benzene rings is 1. The fourth-order valence-electron chi connectivity index (χ4n) is 1.93. The quantitative estimate of drug-likeness (QED) is 0.868. The maximum absolute atomic E-state index is 11.8. The Morgan fingerprint density at radius 1 is 1.45 bits per heavy atom. The van der Waals surface area contributed by atoms with Crippen molar-refractivity contribution in [2.45, 2.75) is 31.9 Å². The monoisotopic (exact) mass is 278 g/mol. The minimum atomic E-state index is -0.0985. The highest BCUT2D eigenvalue weighted by Crippen LogP contribution is 2.25. The molecule has 5 nitrogen and oxygen atoms in total. The van der Waals surface area contributed by atoms with Crippen molar-refractivity contribution in [3.63, 3.8) is 0 Å². The Morgan fingerprint density at radius 2 is 2.15 bits per heavy atom. The molecule has 1 aromatic rings. The van der Waals surface area contributed by atoms with Gasteiger partial charge in [0.2, 0.25) is 0 Å². The number of hydrogen-bond acceptors (Lipinski definition) is 3. The molecule has 1 atom stereocenters. The molecule has 1 aliphatic rings. The maximum atomic E-state index is 11.8. The summed E-state index contributed by atoms with van der Waals surface area (Å²) in [5.74, 6) is 1.49. The lowest BCUT2D eigenvalue weighted by atomic mass is 10.3. The van der Waals surface area contributed by atoms with Gasteiger partial charge in [0.1, 0.15) is 17.6 Å². The second-order valence-corrected chi connectivity index (χ2v) is 5.14. The summed E-state index contributed by atoms with van der Waals surface area (Å²) in [6.45, 7) is 2.41. The fraction of sp³-hybridized carbons (Fsp3) is 0.533. The molecule has 0 heterocycles. The molecular formula is C15H22N2O3. The summed E-state index contributed by atoms with van der Waals surface area (Å²) in [5.41, 5.74) is 0. The van der Waals surface area contributed by atoms with Crippen molar-refractivity contribution in [1.82, 2.24) is 10.2 Å². The van der Waals surface area contributed by atoms with Crippen molar-refractivity contribution in [2.24, 2.45) is 0 Å². The summed E-state index contributed by atoms with van der Waals surface area (Å²) in [4.78, 5) is 13.6. The van der Waals surface area contributed by atoms with Gasteiger partial charge in [-0.2, -0.15) is 0 Å². The van der Waals surface area contributed by atoms with Gasteiger partial charge in [-0.25, -0.2) is 4.79 Å². The lowest BCUT2D eigenvalue weighted by Gasteiger charge is -2.20. The zero-order valence-electron chi connectivity index (χ0n) is 12.3. The molecule has 0 aromatic heterocycles. The first-order valence-corrected chi connectivity index (χ1v) is 6.91. The first kappa shape index (κ1) is 14.5. The van der Waals surface area contributed by atoms with Crippen LogP contribution in [0.15, 0.2) is 24.3 Å². The standard InChI is InChI=1S/C15H22N2O3/c1-11(10-16-15(18)17(2)12-7-8-12)20-14-6-4-5-13(9-14)19-3/h4-6,9,11-12H,7-8,10H2,1-3H3,(H,16,18). The molecule has 2 rings (SSSR count). The number of nitrogens with zero attached hydrogens (tertiary/aromatic N) is 1. The molecule has 110 valence electrons. The first-order chi connectivity index (χ1) is 9.60. The molecule has 1 unspecified atom stereocenters. The maximum Gasteiger partial charge on any atom is 0.317 e. The van der Waals surface area contributed by atoms with Gasteiger partial charge in [0.05, 0.1) is 13.7 Å². The van der Waals surface area contributed by atoms with Crippen LogP contribution in [0.1, 0.15) is 19.8 Å². The van der Waals surface area contributed by atoms with Crippen LogP contribution in [0.2, 0.25) is 0 Å². The molecule has 2 amide bonds. The molecule has 1 aliphatic carbocycles. The van der Waals surface area contributed by atoms with Gasteiger partial charge in [-0.3, -0.25) is 0 Å². The van der Waals surface area contributed by atoms with Crippen molar-refractivity contribution in [3.05, 3.63) is 24.3 Å². The number of ether oxygens (including phenoxy) is 2. The van der Waals surface area contributed by atoms with Gasteiger partial charge in [-0.05, 0) is 31.9 Å². The Bertz CT molecular complexity index is 460. The van der Waals surface area contributed by atoms with E-state index in [1.165, 1.54) is 0 Å². The van der Waals surface area contributed by atoms with Crippen molar-refractivity contribution in [2.75, 3.05) is 20.7 Å². The first-order valence-electron chi connectivity index (χ1n) is 6.91. The number of amides is 2. The van der Waals surface area contributed by atoms with Crippen molar-refractivity contribution < 1.29 is 14.3 Å². The predicted octanol–water partition coefficient (Wildman–Crippen LogP) is 2.27. The van der Waals surface area contributed by atoms with Gasteiger partial charge < -0.3 is 19.7 Å². The normalized spacial score (nSPS) is 15.3. The molecule has 1 aromatic carbocycles. The zero-order chi connectivity index (χ0) is 14.5. The average molecular weight is 278 g/mol. The molecule has 20 heavy (non-hydrogen) atoms. The van der Waals surface area contributed by atoms with Crippen LogP contribution in [-0.4, -0.2) is 43.8 Å². The van der Waals surface area contributed by atoms with E-state index in [0.29, 0.717) is 12.6 Å². The Hall–Kier alpha value is -1.91. The number of hydrogen-bond donors (Lipinski definition) is 1. The molecule has 0 radical (unpaired) electrons. The summed E-state index contributed by atoms with van der Waals surface area (Å²) in [5, 5.41) is 2.88. The van der Waals surface area contributed by atoms with Gasteiger partial charge in [-0.1, -0.05) is 6.07 Å². The van der Waals surface area contributed by atoms with Crippen molar-refractivity contribution in [1.29, 1.82) is 0 Å². The summed E-state index contributed by atoms with van der Waals surface area (Å²) in [7, 11) is 3.46. The molecule has 0 saturated heterocycles. The Labute approximate surface area is 119 Å². The van der Waals surface area contributed by atoms with Crippen LogP contribution in [0.3, 0.4) is 0 Å². The van der Waals surface area contributed by atoms with E-state index in [1.807, 2.05) is 38.2 Å². The third-order valence-corrected chi connectivity index (χ3v) is 3.33. The number of urea groups is 1. The number of carbonyl (C=O) groups excluding carboxylic acids is 1. The highest BCUT2D eigenvalue weighted by atomic mass is 16.5. The van der Waals surface area contributed by atoms with Crippen molar-refractivity contribution >= 4 is 6.03 Å². The zero-order valence-corrected chi connectivity index (χ0v) is 12.3. The average Bonchev–Trinajstić information content (AvgIpc) is 3.28. The second kappa shape index (κ2) is 6.50. The third-order valence-electron chi connectivity index (χ3n) is 3.33. The van der Waals surface area contributed by atoms with Crippen LogP contribution in [0.4, 0.5) is 4.79 Å². The van der Waals surface area contributed by atoms with Crippen molar-refractivity contribution in [3.8, 4) is 11.5 Å². The topological polar surface area (TPSA) is 50.8 Å². The van der Waals surface area contributed by atoms with Crippen LogP contribution >= 0.6 is 0 Å².